The highest BCUT2D eigenvalue weighted by molar-refractivity contribution is 5.29. The van der Waals surface area contributed by atoms with Gasteiger partial charge in [0.25, 0.3) is 0 Å². The van der Waals surface area contributed by atoms with E-state index in [0.717, 1.165) is 13.2 Å². The van der Waals surface area contributed by atoms with E-state index in [1.807, 2.05) is 6.92 Å². The second kappa shape index (κ2) is 4.27. The fourth-order valence-electron chi connectivity index (χ4n) is 1.17. The van der Waals surface area contributed by atoms with Crippen molar-refractivity contribution in [3.63, 3.8) is 0 Å². The molecule has 1 rings (SSSR count). The highest BCUT2D eigenvalue weighted by atomic mass is 16.5. The number of ether oxygens (including phenoxy) is 1. The first-order valence-corrected chi connectivity index (χ1v) is 4.38. The molecule has 0 saturated heterocycles. The van der Waals surface area contributed by atoms with E-state index in [9.17, 15) is 0 Å². The molecule has 1 aromatic carbocycles. The zero-order valence-electron chi connectivity index (χ0n) is 8.05. The standard InChI is InChI=1S/C11H16O/c1-4-12-8-11-7-9(2)5-6-10(11)3/h5-7H,4,8H2,1-3H3. The van der Waals surface area contributed by atoms with Gasteiger partial charge in [0.05, 0.1) is 6.61 Å². The number of rotatable bonds is 3. The van der Waals surface area contributed by atoms with E-state index in [1.165, 1.54) is 16.7 Å². The molecule has 0 heterocycles. The lowest BCUT2D eigenvalue weighted by Crippen LogP contribution is -1.95. The van der Waals surface area contributed by atoms with Gasteiger partial charge in [-0.15, -0.1) is 0 Å². The molecule has 0 bridgehead atoms. The Kier molecular flexibility index (Phi) is 3.30. The van der Waals surface area contributed by atoms with Crippen LogP contribution in [0.3, 0.4) is 0 Å². The van der Waals surface area contributed by atoms with E-state index >= 15 is 0 Å². The summed E-state index contributed by atoms with van der Waals surface area (Å²) in [4.78, 5) is 0. The maximum absolute atomic E-state index is 5.36. The molecule has 0 N–H and O–H groups in total. The van der Waals surface area contributed by atoms with Gasteiger partial charge in [-0.05, 0) is 31.9 Å². The molecule has 12 heavy (non-hydrogen) atoms. The minimum Gasteiger partial charge on any atom is -0.377 e. The maximum atomic E-state index is 5.36. The van der Waals surface area contributed by atoms with E-state index < -0.39 is 0 Å². The van der Waals surface area contributed by atoms with Gasteiger partial charge in [0.2, 0.25) is 0 Å². The summed E-state index contributed by atoms with van der Waals surface area (Å²) >= 11 is 0. The van der Waals surface area contributed by atoms with E-state index in [0.29, 0.717) is 0 Å². The molecule has 0 spiro atoms. The predicted molar refractivity (Wildman–Crippen MR) is 51.2 cm³/mol. The minimum absolute atomic E-state index is 0.740. The third-order valence-corrected chi connectivity index (χ3v) is 1.97. The van der Waals surface area contributed by atoms with Gasteiger partial charge in [-0.1, -0.05) is 23.8 Å². The Bertz CT molecular complexity index is 253. The van der Waals surface area contributed by atoms with Crippen LogP contribution in [0.25, 0.3) is 0 Å². The third kappa shape index (κ3) is 2.35. The fourth-order valence-corrected chi connectivity index (χ4v) is 1.17. The average molecular weight is 164 g/mol. The zero-order valence-corrected chi connectivity index (χ0v) is 8.05. The van der Waals surface area contributed by atoms with Crippen LogP contribution in [0.2, 0.25) is 0 Å². The van der Waals surface area contributed by atoms with E-state index in [4.69, 9.17) is 4.74 Å². The predicted octanol–water partition coefficient (Wildman–Crippen LogP) is 2.84. The normalized spacial score (nSPS) is 10.2. The molecular weight excluding hydrogens is 148 g/mol. The summed E-state index contributed by atoms with van der Waals surface area (Å²) in [7, 11) is 0. The van der Waals surface area contributed by atoms with Crippen molar-refractivity contribution in [3.05, 3.63) is 34.9 Å². The highest BCUT2D eigenvalue weighted by Gasteiger charge is 1.97. The van der Waals surface area contributed by atoms with Crippen LogP contribution in [0.15, 0.2) is 18.2 Å². The van der Waals surface area contributed by atoms with Crippen molar-refractivity contribution in [1.82, 2.24) is 0 Å². The van der Waals surface area contributed by atoms with Crippen LogP contribution in [-0.2, 0) is 11.3 Å². The van der Waals surface area contributed by atoms with Crippen molar-refractivity contribution in [3.8, 4) is 0 Å². The first kappa shape index (κ1) is 9.27. The lowest BCUT2D eigenvalue weighted by Gasteiger charge is -2.06. The Labute approximate surface area is 74.4 Å². The van der Waals surface area contributed by atoms with E-state index in [2.05, 4.69) is 32.0 Å². The van der Waals surface area contributed by atoms with Gasteiger partial charge in [-0.2, -0.15) is 0 Å². The topological polar surface area (TPSA) is 9.23 Å². The molecule has 0 aliphatic carbocycles. The number of aryl methyl sites for hydroxylation is 2. The molecule has 0 aliphatic rings. The van der Waals surface area contributed by atoms with Gasteiger partial charge in [-0.25, -0.2) is 0 Å². The summed E-state index contributed by atoms with van der Waals surface area (Å²) in [6.07, 6.45) is 0. The molecule has 0 saturated carbocycles. The lowest BCUT2D eigenvalue weighted by atomic mass is 10.1. The Hall–Kier alpha value is -0.820. The second-order valence-electron chi connectivity index (χ2n) is 3.07. The Morgan fingerprint density at radius 3 is 2.67 bits per heavy atom. The van der Waals surface area contributed by atoms with Crippen LogP contribution in [0.1, 0.15) is 23.6 Å². The number of hydrogen-bond acceptors (Lipinski definition) is 1. The summed E-state index contributed by atoms with van der Waals surface area (Å²) in [6.45, 7) is 7.77. The van der Waals surface area contributed by atoms with Gasteiger partial charge in [0.15, 0.2) is 0 Å². The van der Waals surface area contributed by atoms with Crippen LogP contribution in [0, 0.1) is 13.8 Å². The van der Waals surface area contributed by atoms with Crippen molar-refractivity contribution in [2.45, 2.75) is 27.4 Å². The van der Waals surface area contributed by atoms with Crippen LogP contribution in [0.4, 0.5) is 0 Å². The maximum Gasteiger partial charge on any atom is 0.0719 e. The summed E-state index contributed by atoms with van der Waals surface area (Å²) in [5.41, 5.74) is 3.92. The van der Waals surface area contributed by atoms with Crippen LogP contribution in [-0.4, -0.2) is 6.61 Å². The first-order valence-electron chi connectivity index (χ1n) is 4.38. The summed E-state index contributed by atoms with van der Waals surface area (Å²) in [5, 5.41) is 0. The average Bonchev–Trinajstić information content (AvgIpc) is 2.07. The smallest absolute Gasteiger partial charge is 0.0719 e. The fraction of sp³-hybridized carbons (Fsp3) is 0.455. The molecule has 0 fully saturated rings. The van der Waals surface area contributed by atoms with E-state index in [1.54, 1.807) is 0 Å². The molecule has 66 valence electrons. The van der Waals surface area contributed by atoms with E-state index in [-0.39, 0.29) is 0 Å². The molecule has 1 aromatic rings. The summed E-state index contributed by atoms with van der Waals surface area (Å²) in [6, 6.07) is 6.46. The van der Waals surface area contributed by atoms with Crippen LogP contribution >= 0.6 is 0 Å². The van der Waals surface area contributed by atoms with Crippen LogP contribution < -0.4 is 0 Å². The monoisotopic (exact) mass is 164 g/mol. The Morgan fingerprint density at radius 1 is 1.25 bits per heavy atom. The van der Waals surface area contributed by atoms with Crippen molar-refractivity contribution in [1.29, 1.82) is 0 Å². The number of hydrogen-bond donors (Lipinski definition) is 0. The number of benzene rings is 1. The molecule has 0 aromatic heterocycles. The SMILES string of the molecule is CCOCc1cc(C)ccc1C. The first-order chi connectivity index (χ1) is 5.74. The lowest BCUT2D eigenvalue weighted by molar-refractivity contribution is 0.133. The molecule has 0 atom stereocenters. The summed E-state index contributed by atoms with van der Waals surface area (Å²) < 4.78 is 5.36. The van der Waals surface area contributed by atoms with Gasteiger partial charge in [0.1, 0.15) is 0 Å². The molecule has 0 aliphatic heterocycles. The summed E-state index contributed by atoms with van der Waals surface area (Å²) in [5.74, 6) is 0. The molecule has 1 heteroatoms. The van der Waals surface area contributed by atoms with Gasteiger partial charge >= 0.3 is 0 Å². The van der Waals surface area contributed by atoms with Crippen molar-refractivity contribution < 1.29 is 4.74 Å². The largest absolute Gasteiger partial charge is 0.377 e. The van der Waals surface area contributed by atoms with Crippen LogP contribution in [0.5, 0.6) is 0 Å². The van der Waals surface area contributed by atoms with Crippen molar-refractivity contribution in [2.75, 3.05) is 6.61 Å². The second-order valence-corrected chi connectivity index (χ2v) is 3.07. The molecule has 1 nitrogen and oxygen atoms in total. The third-order valence-electron chi connectivity index (χ3n) is 1.97. The highest BCUT2D eigenvalue weighted by Crippen LogP contribution is 2.11. The Balaban J connectivity index is 2.75. The van der Waals surface area contributed by atoms with Gasteiger partial charge < -0.3 is 4.74 Å². The zero-order chi connectivity index (χ0) is 8.97. The van der Waals surface area contributed by atoms with Gasteiger partial charge in [0, 0.05) is 6.61 Å². The Morgan fingerprint density at radius 2 is 2.00 bits per heavy atom. The van der Waals surface area contributed by atoms with Crippen molar-refractivity contribution in [2.24, 2.45) is 0 Å². The minimum atomic E-state index is 0.740. The quantitative estimate of drug-likeness (QED) is 0.667. The molecular formula is C11H16O. The van der Waals surface area contributed by atoms with Crippen molar-refractivity contribution >= 4 is 0 Å². The molecule has 0 amide bonds. The molecule has 0 radical (unpaired) electrons. The van der Waals surface area contributed by atoms with Gasteiger partial charge in [-0.3, -0.25) is 0 Å². The molecule has 0 unspecified atom stereocenters.